The minimum Gasteiger partial charge on any atom is -0.322 e. The van der Waals surface area contributed by atoms with Crippen molar-refractivity contribution in [3.8, 4) is 0 Å². The van der Waals surface area contributed by atoms with Crippen molar-refractivity contribution >= 4 is 43.0 Å². The lowest BCUT2D eigenvalue weighted by atomic mass is 10.1. The van der Waals surface area contributed by atoms with E-state index in [0.29, 0.717) is 16.9 Å². The Morgan fingerprint density at radius 1 is 0.879 bits per heavy atom. The van der Waals surface area contributed by atoms with E-state index in [0.717, 1.165) is 16.1 Å². The number of carbonyl (C=O) groups excluding carboxylic acids is 1. The fourth-order valence-corrected chi connectivity index (χ4v) is 4.70. The molecule has 3 rings (SSSR count). The smallest absolute Gasteiger partial charge is 0.261 e. The van der Waals surface area contributed by atoms with Crippen LogP contribution in [-0.2, 0) is 20.0 Å². The zero-order valence-electron chi connectivity index (χ0n) is 18.7. The highest BCUT2D eigenvalue weighted by atomic mass is 32.2. The second kappa shape index (κ2) is 9.24. The molecule has 0 spiro atoms. The molecule has 0 unspecified atom stereocenters. The number of anilines is 3. The van der Waals surface area contributed by atoms with Crippen molar-refractivity contribution in [1.82, 2.24) is 0 Å². The first kappa shape index (κ1) is 24.3. The average Bonchev–Trinajstić information content (AvgIpc) is 2.74. The van der Waals surface area contributed by atoms with E-state index < -0.39 is 26.0 Å². The number of benzene rings is 3. The first-order valence-electron chi connectivity index (χ1n) is 9.93. The van der Waals surface area contributed by atoms with Gasteiger partial charge in [0.2, 0.25) is 10.0 Å². The highest BCUT2D eigenvalue weighted by Gasteiger charge is 2.19. The standard InChI is InChI=1S/C23H25N3O5S2/c1-16-11-13-20(14-12-16)33(30,31)25-22-10-6-9-21(17(22)2)23(27)24-18-7-5-8-19(15-18)26(3)32(4,28)29/h5-15,25H,1-4H3,(H,24,27). The predicted molar refractivity (Wildman–Crippen MR) is 131 cm³/mol. The van der Waals surface area contributed by atoms with Crippen LogP contribution in [0.1, 0.15) is 21.5 Å². The quantitative estimate of drug-likeness (QED) is 0.527. The second-order valence-electron chi connectivity index (χ2n) is 7.63. The molecule has 0 saturated heterocycles. The Labute approximate surface area is 194 Å². The van der Waals surface area contributed by atoms with Crippen molar-refractivity contribution in [2.75, 3.05) is 27.6 Å². The van der Waals surface area contributed by atoms with Gasteiger partial charge in [0.15, 0.2) is 0 Å². The lowest BCUT2D eigenvalue weighted by Gasteiger charge is -2.18. The fraction of sp³-hybridized carbons (Fsp3) is 0.174. The monoisotopic (exact) mass is 487 g/mol. The van der Waals surface area contributed by atoms with Crippen LogP contribution in [-0.4, -0.2) is 36.0 Å². The van der Waals surface area contributed by atoms with Crippen molar-refractivity contribution in [2.45, 2.75) is 18.7 Å². The zero-order chi connectivity index (χ0) is 24.4. The maximum atomic E-state index is 12.9. The number of hydrogen-bond acceptors (Lipinski definition) is 5. The molecule has 0 aliphatic rings. The van der Waals surface area contributed by atoms with Crippen molar-refractivity contribution in [1.29, 1.82) is 0 Å². The molecule has 0 atom stereocenters. The summed E-state index contributed by atoms with van der Waals surface area (Å²) >= 11 is 0. The van der Waals surface area contributed by atoms with E-state index in [-0.39, 0.29) is 16.1 Å². The highest BCUT2D eigenvalue weighted by molar-refractivity contribution is 7.92. The maximum absolute atomic E-state index is 12.9. The summed E-state index contributed by atoms with van der Waals surface area (Å²) in [7, 11) is -5.86. The predicted octanol–water partition coefficient (Wildman–Crippen LogP) is 3.75. The molecule has 3 aromatic carbocycles. The van der Waals surface area contributed by atoms with Crippen molar-refractivity contribution < 1.29 is 21.6 Å². The van der Waals surface area contributed by atoms with Gasteiger partial charge >= 0.3 is 0 Å². The molecule has 0 heterocycles. The van der Waals surface area contributed by atoms with Gasteiger partial charge in [-0.25, -0.2) is 16.8 Å². The number of rotatable bonds is 7. The van der Waals surface area contributed by atoms with Crippen LogP contribution in [0.4, 0.5) is 17.1 Å². The summed E-state index contributed by atoms with van der Waals surface area (Å²) in [6, 6.07) is 17.6. The molecule has 174 valence electrons. The number of aryl methyl sites for hydroxylation is 1. The number of carbonyl (C=O) groups is 1. The topological polar surface area (TPSA) is 113 Å². The van der Waals surface area contributed by atoms with Crippen LogP contribution in [0.15, 0.2) is 71.6 Å². The molecule has 0 fully saturated rings. The van der Waals surface area contributed by atoms with E-state index in [1.165, 1.54) is 25.2 Å². The molecule has 8 nitrogen and oxygen atoms in total. The number of nitrogens with one attached hydrogen (secondary N) is 2. The number of nitrogens with zero attached hydrogens (tertiary/aromatic N) is 1. The van der Waals surface area contributed by atoms with Gasteiger partial charge in [0, 0.05) is 18.3 Å². The molecular formula is C23H25N3O5S2. The Balaban J connectivity index is 1.85. The Bertz CT molecular complexity index is 1400. The molecule has 3 aromatic rings. The Hall–Kier alpha value is -3.37. The number of sulfonamides is 2. The molecule has 10 heteroatoms. The summed E-state index contributed by atoms with van der Waals surface area (Å²) in [6.07, 6.45) is 1.09. The van der Waals surface area contributed by atoms with Gasteiger partial charge in [-0.3, -0.25) is 13.8 Å². The molecule has 0 radical (unpaired) electrons. The lowest BCUT2D eigenvalue weighted by Crippen LogP contribution is -2.25. The van der Waals surface area contributed by atoms with Gasteiger partial charge in [-0.2, -0.15) is 0 Å². The fourth-order valence-electron chi connectivity index (χ4n) is 3.08. The third-order valence-electron chi connectivity index (χ3n) is 5.12. The van der Waals surface area contributed by atoms with Gasteiger partial charge in [-0.15, -0.1) is 0 Å². The van der Waals surface area contributed by atoms with Gasteiger partial charge in [-0.1, -0.05) is 29.8 Å². The van der Waals surface area contributed by atoms with E-state index >= 15 is 0 Å². The van der Waals surface area contributed by atoms with Crippen LogP contribution in [0, 0.1) is 13.8 Å². The molecule has 1 amide bonds. The van der Waals surface area contributed by atoms with Gasteiger partial charge in [-0.05, 0) is 61.9 Å². The average molecular weight is 488 g/mol. The first-order chi connectivity index (χ1) is 15.4. The molecule has 0 bridgehead atoms. The van der Waals surface area contributed by atoms with E-state index in [9.17, 15) is 21.6 Å². The normalized spacial score (nSPS) is 11.6. The second-order valence-corrected chi connectivity index (χ2v) is 11.3. The third kappa shape index (κ3) is 5.71. The molecule has 33 heavy (non-hydrogen) atoms. The third-order valence-corrected chi connectivity index (χ3v) is 7.71. The highest BCUT2D eigenvalue weighted by Crippen LogP contribution is 2.25. The minimum absolute atomic E-state index is 0.120. The Kier molecular flexibility index (Phi) is 6.80. The van der Waals surface area contributed by atoms with Crippen molar-refractivity contribution in [3.05, 3.63) is 83.4 Å². The Morgan fingerprint density at radius 3 is 2.15 bits per heavy atom. The van der Waals surface area contributed by atoms with Crippen LogP contribution in [0.2, 0.25) is 0 Å². The maximum Gasteiger partial charge on any atom is 0.261 e. The summed E-state index contributed by atoms with van der Waals surface area (Å²) in [5.41, 5.74) is 2.75. The minimum atomic E-state index is -3.83. The molecule has 2 N–H and O–H groups in total. The molecule has 0 saturated carbocycles. The van der Waals surface area contributed by atoms with Gasteiger partial charge in [0.25, 0.3) is 15.9 Å². The van der Waals surface area contributed by atoms with Crippen LogP contribution >= 0.6 is 0 Å². The SMILES string of the molecule is Cc1ccc(S(=O)(=O)Nc2cccc(C(=O)Nc3cccc(N(C)S(C)(=O)=O)c3)c2C)cc1. The largest absolute Gasteiger partial charge is 0.322 e. The van der Waals surface area contributed by atoms with E-state index in [1.54, 1.807) is 55.5 Å². The molecule has 0 aliphatic heterocycles. The molecule has 0 aromatic heterocycles. The van der Waals surface area contributed by atoms with Gasteiger partial charge < -0.3 is 5.32 Å². The molecule has 0 aliphatic carbocycles. The summed E-state index contributed by atoms with van der Waals surface area (Å²) in [6.45, 7) is 3.51. The van der Waals surface area contributed by atoms with Crippen LogP contribution in [0.25, 0.3) is 0 Å². The van der Waals surface area contributed by atoms with Crippen molar-refractivity contribution in [2.24, 2.45) is 0 Å². The van der Waals surface area contributed by atoms with Gasteiger partial charge in [0.05, 0.1) is 22.5 Å². The van der Waals surface area contributed by atoms with Crippen LogP contribution in [0.3, 0.4) is 0 Å². The van der Waals surface area contributed by atoms with Gasteiger partial charge in [0.1, 0.15) is 0 Å². The summed E-state index contributed by atoms with van der Waals surface area (Å²) in [5.74, 6) is -0.456. The van der Waals surface area contributed by atoms with E-state index in [1.807, 2.05) is 6.92 Å². The summed E-state index contributed by atoms with van der Waals surface area (Å²) in [4.78, 5) is 13.0. The molecular weight excluding hydrogens is 462 g/mol. The van der Waals surface area contributed by atoms with E-state index in [4.69, 9.17) is 0 Å². The number of amides is 1. The lowest BCUT2D eigenvalue weighted by molar-refractivity contribution is 0.102. The van der Waals surface area contributed by atoms with Crippen LogP contribution in [0.5, 0.6) is 0 Å². The van der Waals surface area contributed by atoms with Crippen LogP contribution < -0.4 is 14.3 Å². The zero-order valence-corrected chi connectivity index (χ0v) is 20.3. The van der Waals surface area contributed by atoms with E-state index in [2.05, 4.69) is 10.0 Å². The van der Waals surface area contributed by atoms with Crippen molar-refractivity contribution in [3.63, 3.8) is 0 Å². The Morgan fingerprint density at radius 2 is 1.52 bits per heavy atom. The first-order valence-corrected chi connectivity index (χ1v) is 13.3. The number of hydrogen-bond donors (Lipinski definition) is 2. The summed E-state index contributed by atoms with van der Waals surface area (Å²) in [5, 5.41) is 2.74. The summed E-state index contributed by atoms with van der Waals surface area (Å²) < 4.78 is 52.7.